The van der Waals surface area contributed by atoms with Crippen LogP contribution in [-0.4, -0.2) is 31.5 Å². The molecule has 0 saturated heterocycles. The normalized spacial score (nSPS) is 12.4. The van der Waals surface area contributed by atoms with Crippen LogP contribution in [0.1, 0.15) is 38.7 Å². The van der Waals surface area contributed by atoms with Crippen molar-refractivity contribution in [3.05, 3.63) is 64.2 Å². The second-order valence-electron chi connectivity index (χ2n) is 6.99. The predicted molar refractivity (Wildman–Crippen MR) is 114 cm³/mol. The van der Waals surface area contributed by atoms with Crippen LogP contribution in [0.3, 0.4) is 0 Å². The zero-order valence-corrected chi connectivity index (χ0v) is 17.6. The number of nitro groups is 1. The van der Waals surface area contributed by atoms with E-state index in [0.29, 0.717) is 5.69 Å². The number of nitrogens with one attached hydrogen (secondary N) is 1. The van der Waals surface area contributed by atoms with Crippen LogP contribution in [0, 0.1) is 10.1 Å². The van der Waals surface area contributed by atoms with Crippen LogP contribution in [0.4, 0.5) is 17.1 Å². The van der Waals surface area contributed by atoms with Crippen molar-refractivity contribution in [2.24, 2.45) is 0 Å². The average molecular weight is 420 g/mol. The van der Waals surface area contributed by atoms with Crippen molar-refractivity contribution in [2.45, 2.75) is 39.2 Å². The molecular weight excluding hydrogens is 394 g/mol. The van der Waals surface area contributed by atoms with Gasteiger partial charge in [-0.1, -0.05) is 45.0 Å². The summed E-state index contributed by atoms with van der Waals surface area (Å²) in [6.45, 7) is 5.68. The van der Waals surface area contributed by atoms with Gasteiger partial charge in [0.05, 0.1) is 16.9 Å². The summed E-state index contributed by atoms with van der Waals surface area (Å²) in [7, 11) is -3.89. The highest BCUT2D eigenvalue weighted by atomic mass is 32.2. The first-order chi connectivity index (χ1) is 13.6. The van der Waals surface area contributed by atoms with Crippen LogP contribution in [0.2, 0.25) is 0 Å². The first kappa shape index (κ1) is 22.4. The molecule has 0 spiro atoms. The summed E-state index contributed by atoms with van der Waals surface area (Å²) in [5.41, 5.74) is 1.35. The standard InChI is InChI=1S/C20H25N3O5S/c1-5-19(20(24)21-18-12-7-6-11-17(18)14(2)3)22(29(4,27)28)15-9-8-10-16(13-15)23(25)26/h6-14,19H,5H2,1-4H3,(H,21,24)/t19-/m0/s1. The number of benzene rings is 2. The van der Waals surface area contributed by atoms with E-state index in [4.69, 9.17) is 0 Å². The molecule has 0 saturated carbocycles. The summed E-state index contributed by atoms with van der Waals surface area (Å²) < 4.78 is 26.0. The number of nitro benzene ring substituents is 1. The zero-order valence-electron chi connectivity index (χ0n) is 16.8. The van der Waals surface area contributed by atoms with Gasteiger partial charge in [-0.3, -0.25) is 19.2 Å². The lowest BCUT2D eigenvalue weighted by atomic mass is 10.0. The molecule has 1 atom stereocenters. The Morgan fingerprint density at radius 1 is 1.17 bits per heavy atom. The smallest absolute Gasteiger partial charge is 0.271 e. The highest BCUT2D eigenvalue weighted by Crippen LogP contribution is 2.28. The molecule has 0 aliphatic heterocycles. The number of hydrogen-bond acceptors (Lipinski definition) is 5. The third-order valence-electron chi connectivity index (χ3n) is 4.47. The van der Waals surface area contributed by atoms with Crippen molar-refractivity contribution >= 4 is 33.0 Å². The van der Waals surface area contributed by atoms with E-state index in [-0.39, 0.29) is 23.7 Å². The maximum absolute atomic E-state index is 13.0. The minimum atomic E-state index is -3.89. The third-order valence-corrected chi connectivity index (χ3v) is 5.65. The van der Waals surface area contributed by atoms with E-state index in [0.717, 1.165) is 22.2 Å². The highest BCUT2D eigenvalue weighted by Gasteiger charge is 2.32. The molecule has 0 bridgehead atoms. The largest absolute Gasteiger partial charge is 0.324 e. The summed E-state index contributed by atoms with van der Waals surface area (Å²) in [4.78, 5) is 23.5. The van der Waals surface area contributed by atoms with Gasteiger partial charge in [0.1, 0.15) is 6.04 Å². The molecule has 0 aliphatic rings. The van der Waals surface area contributed by atoms with E-state index in [1.807, 2.05) is 26.0 Å². The first-order valence-electron chi connectivity index (χ1n) is 9.19. The molecular formula is C20H25N3O5S. The van der Waals surface area contributed by atoms with Gasteiger partial charge in [-0.25, -0.2) is 8.42 Å². The molecule has 8 nitrogen and oxygen atoms in total. The van der Waals surface area contributed by atoms with Crippen LogP contribution in [0.15, 0.2) is 48.5 Å². The van der Waals surface area contributed by atoms with Crippen LogP contribution in [0.5, 0.6) is 0 Å². The van der Waals surface area contributed by atoms with Gasteiger partial charge in [-0.15, -0.1) is 0 Å². The van der Waals surface area contributed by atoms with Gasteiger partial charge in [0.2, 0.25) is 15.9 Å². The Hall–Kier alpha value is -2.94. The number of carbonyl (C=O) groups excluding carboxylic acids is 1. The lowest BCUT2D eigenvalue weighted by Crippen LogP contribution is -2.47. The summed E-state index contributed by atoms with van der Waals surface area (Å²) >= 11 is 0. The van der Waals surface area contributed by atoms with Gasteiger partial charge in [0, 0.05) is 17.8 Å². The van der Waals surface area contributed by atoms with E-state index < -0.39 is 26.9 Å². The van der Waals surface area contributed by atoms with Crippen LogP contribution < -0.4 is 9.62 Å². The monoisotopic (exact) mass is 419 g/mol. The van der Waals surface area contributed by atoms with Gasteiger partial charge >= 0.3 is 0 Å². The average Bonchev–Trinajstić information content (AvgIpc) is 2.65. The Labute approximate surface area is 170 Å². The van der Waals surface area contributed by atoms with E-state index in [2.05, 4.69) is 5.32 Å². The van der Waals surface area contributed by atoms with Crippen molar-refractivity contribution in [1.82, 2.24) is 0 Å². The van der Waals surface area contributed by atoms with Gasteiger partial charge < -0.3 is 5.32 Å². The van der Waals surface area contributed by atoms with E-state index in [1.165, 1.54) is 18.2 Å². The van der Waals surface area contributed by atoms with E-state index >= 15 is 0 Å². The molecule has 1 N–H and O–H groups in total. The van der Waals surface area contributed by atoms with Crippen LogP contribution >= 0.6 is 0 Å². The molecule has 2 aromatic rings. The molecule has 0 aliphatic carbocycles. The summed E-state index contributed by atoms with van der Waals surface area (Å²) in [6.07, 6.45) is 1.16. The molecule has 0 heterocycles. The van der Waals surface area contributed by atoms with Crippen molar-refractivity contribution in [3.63, 3.8) is 0 Å². The van der Waals surface area contributed by atoms with Crippen molar-refractivity contribution in [2.75, 3.05) is 15.9 Å². The molecule has 156 valence electrons. The lowest BCUT2D eigenvalue weighted by molar-refractivity contribution is -0.384. The second kappa shape index (κ2) is 9.04. The Balaban J connectivity index is 2.46. The molecule has 9 heteroatoms. The van der Waals surface area contributed by atoms with Crippen LogP contribution in [-0.2, 0) is 14.8 Å². The molecule has 2 rings (SSSR count). The zero-order chi connectivity index (χ0) is 21.8. The fraction of sp³-hybridized carbons (Fsp3) is 0.350. The Bertz CT molecular complexity index is 1000. The minimum absolute atomic E-state index is 0.0702. The van der Waals surface area contributed by atoms with Crippen molar-refractivity contribution < 1.29 is 18.1 Å². The number of rotatable bonds is 8. The SMILES string of the molecule is CC[C@@H](C(=O)Nc1ccccc1C(C)C)N(c1cccc([N+](=O)[O-])c1)S(C)(=O)=O. The van der Waals surface area contributed by atoms with Gasteiger partial charge in [0.15, 0.2) is 0 Å². The number of anilines is 2. The maximum Gasteiger partial charge on any atom is 0.271 e. The Kier molecular flexibility index (Phi) is 6.97. The second-order valence-corrected chi connectivity index (χ2v) is 8.85. The number of non-ortho nitro benzene ring substituents is 1. The Morgan fingerprint density at radius 2 is 1.83 bits per heavy atom. The minimum Gasteiger partial charge on any atom is -0.324 e. The molecule has 29 heavy (non-hydrogen) atoms. The lowest BCUT2D eigenvalue weighted by Gasteiger charge is -2.30. The van der Waals surface area contributed by atoms with Crippen molar-refractivity contribution in [1.29, 1.82) is 0 Å². The number of carbonyl (C=O) groups is 1. The fourth-order valence-corrected chi connectivity index (χ4v) is 4.34. The summed E-state index contributed by atoms with van der Waals surface area (Å²) in [6, 6.07) is 11.5. The third kappa shape index (κ3) is 5.32. The molecule has 0 radical (unpaired) electrons. The topological polar surface area (TPSA) is 110 Å². The number of para-hydroxylation sites is 1. The molecule has 1 amide bonds. The van der Waals surface area contributed by atoms with Gasteiger partial charge in [0.25, 0.3) is 5.69 Å². The molecule has 0 fully saturated rings. The Morgan fingerprint density at radius 3 is 2.38 bits per heavy atom. The number of hydrogen-bond donors (Lipinski definition) is 1. The number of nitrogens with zero attached hydrogens (tertiary/aromatic N) is 2. The first-order valence-corrected chi connectivity index (χ1v) is 11.0. The van der Waals surface area contributed by atoms with Crippen LogP contribution in [0.25, 0.3) is 0 Å². The molecule has 0 unspecified atom stereocenters. The summed E-state index contributed by atoms with van der Waals surface area (Å²) in [5, 5.41) is 13.9. The maximum atomic E-state index is 13.0. The van der Waals surface area contributed by atoms with Crippen molar-refractivity contribution in [3.8, 4) is 0 Å². The summed E-state index contributed by atoms with van der Waals surface area (Å²) in [5.74, 6) is -0.341. The van der Waals surface area contributed by atoms with E-state index in [9.17, 15) is 23.3 Å². The molecule has 0 aromatic heterocycles. The molecule has 2 aromatic carbocycles. The van der Waals surface area contributed by atoms with E-state index in [1.54, 1.807) is 19.1 Å². The van der Waals surface area contributed by atoms with Gasteiger partial charge in [-0.05, 0) is 30.0 Å². The highest BCUT2D eigenvalue weighted by molar-refractivity contribution is 7.92. The van der Waals surface area contributed by atoms with Gasteiger partial charge in [-0.2, -0.15) is 0 Å². The number of sulfonamides is 1. The predicted octanol–water partition coefficient (Wildman–Crippen LogP) is 3.90. The number of amides is 1. The quantitative estimate of drug-likeness (QED) is 0.515. The fourth-order valence-electron chi connectivity index (χ4n) is 3.13.